The lowest BCUT2D eigenvalue weighted by molar-refractivity contribution is -0.121. The minimum absolute atomic E-state index is 0.0239. The summed E-state index contributed by atoms with van der Waals surface area (Å²) in [7, 11) is 0. The molecule has 0 saturated carbocycles. The first-order valence-electron chi connectivity index (χ1n) is 6.97. The summed E-state index contributed by atoms with van der Waals surface area (Å²) >= 11 is 0. The Morgan fingerprint density at radius 3 is 2.95 bits per heavy atom. The van der Waals surface area contributed by atoms with Gasteiger partial charge in [0.15, 0.2) is 5.78 Å². The van der Waals surface area contributed by atoms with Crippen molar-refractivity contribution in [1.29, 1.82) is 5.26 Å². The number of carbonyl (C=O) groups excluding carboxylic acids is 1. The van der Waals surface area contributed by atoms with Gasteiger partial charge in [0.2, 0.25) is 0 Å². The van der Waals surface area contributed by atoms with Gasteiger partial charge in [-0.1, -0.05) is 19.9 Å². The van der Waals surface area contributed by atoms with Crippen LogP contribution in [0.4, 0.5) is 0 Å². The van der Waals surface area contributed by atoms with Crippen LogP contribution in [0.2, 0.25) is 0 Å². The van der Waals surface area contributed by atoms with Crippen molar-refractivity contribution < 1.29 is 4.79 Å². The summed E-state index contributed by atoms with van der Waals surface area (Å²) in [5, 5.41) is 9.21. The van der Waals surface area contributed by atoms with Gasteiger partial charge < -0.3 is 0 Å². The molecule has 1 heterocycles. The molecule has 1 aromatic heterocycles. The second kappa shape index (κ2) is 4.24. The molecule has 4 heteroatoms. The van der Waals surface area contributed by atoms with E-state index in [4.69, 9.17) is 0 Å². The van der Waals surface area contributed by atoms with Crippen molar-refractivity contribution in [2.24, 2.45) is 11.8 Å². The highest BCUT2D eigenvalue weighted by atomic mass is 16.1. The van der Waals surface area contributed by atoms with Crippen molar-refractivity contribution in [2.75, 3.05) is 0 Å². The van der Waals surface area contributed by atoms with E-state index in [0.29, 0.717) is 0 Å². The standard InChI is InChI=1S/C16H17N3O/c1-9-13-5-4-11-8-18-10(2)19-15(11)16(13,3)6-12(7-17)14(9)20/h6,8-9,13H,4-5H2,1-3H3/t9?,13-,16-/m0/s1. The molecule has 3 rings (SSSR count). The van der Waals surface area contributed by atoms with E-state index in [1.54, 1.807) is 0 Å². The van der Waals surface area contributed by atoms with E-state index in [9.17, 15) is 10.1 Å². The van der Waals surface area contributed by atoms with E-state index in [1.807, 2.05) is 26.1 Å². The third kappa shape index (κ3) is 1.62. The minimum atomic E-state index is -0.334. The number of fused-ring (bicyclic) bond motifs is 3. The first-order valence-corrected chi connectivity index (χ1v) is 6.97. The number of hydrogen-bond acceptors (Lipinski definition) is 4. The quantitative estimate of drug-likeness (QED) is 0.723. The second-order valence-corrected chi connectivity index (χ2v) is 6.04. The molecule has 20 heavy (non-hydrogen) atoms. The summed E-state index contributed by atoms with van der Waals surface area (Å²) in [5.41, 5.74) is 2.08. The summed E-state index contributed by atoms with van der Waals surface area (Å²) in [4.78, 5) is 21.1. The highest BCUT2D eigenvalue weighted by Gasteiger charge is 2.48. The third-order valence-corrected chi connectivity index (χ3v) is 4.84. The lowest BCUT2D eigenvalue weighted by Gasteiger charge is -2.45. The molecular formula is C16H17N3O. The van der Waals surface area contributed by atoms with Crippen LogP contribution in [0.25, 0.3) is 0 Å². The zero-order valence-electron chi connectivity index (χ0n) is 12.0. The number of nitriles is 1. The predicted molar refractivity (Wildman–Crippen MR) is 73.8 cm³/mol. The van der Waals surface area contributed by atoms with Crippen LogP contribution < -0.4 is 0 Å². The minimum Gasteiger partial charge on any atom is -0.293 e. The number of carbonyl (C=O) groups is 1. The van der Waals surface area contributed by atoms with Crippen molar-refractivity contribution in [2.45, 2.75) is 39.0 Å². The van der Waals surface area contributed by atoms with Crippen LogP contribution in [-0.2, 0) is 16.6 Å². The van der Waals surface area contributed by atoms with E-state index in [0.717, 1.165) is 29.9 Å². The molecule has 2 aliphatic rings. The van der Waals surface area contributed by atoms with Gasteiger partial charge in [-0.25, -0.2) is 9.97 Å². The maximum atomic E-state index is 12.2. The second-order valence-electron chi connectivity index (χ2n) is 6.04. The van der Waals surface area contributed by atoms with E-state index in [2.05, 4.69) is 23.0 Å². The number of rotatable bonds is 0. The van der Waals surface area contributed by atoms with Gasteiger partial charge in [0.1, 0.15) is 11.9 Å². The fourth-order valence-electron chi connectivity index (χ4n) is 3.76. The molecular weight excluding hydrogens is 250 g/mol. The van der Waals surface area contributed by atoms with Crippen LogP contribution in [0.3, 0.4) is 0 Å². The Balaban J connectivity index is 2.25. The molecule has 1 aromatic rings. The fourth-order valence-corrected chi connectivity index (χ4v) is 3.76. The van der Waals surface area contributed by atoms with Gasteiger partial charge in [-0.15, -0.1) is 0 Å². The molecule has 2 aliphatic carbocycles. The Bertz CT molecular complexity index is 671. The molecule has 0 N–H and O–H groups in total. The lowest BCUT2D eigenvalue weighted by Crippen LogP contribution is -2.46. The number of ketones is 1. The number of aryl methyl sites for hydroxylation is 2. The van der Waals surface area contributed by atoms with Gasteiger partial charge in [0, 0.05) is 17.5 Å². The van der Waals surface area contributed by atoms with Gasteiger partial charge in [-0.05, 0) is 31.2 Å². The summed E-state index contributed by atoms with van der Waals surface area (Å²) in [6.07, 6.45) is 5.58. The zero-order chi connectivity index (χ0) is 14.5. The van der Waals surface area contributed by atoms with Crippen molar-refractivity contribution in [1.82, 2.24) is 9.97 Å². The van der Waals surface area contributed by atoms with Crippen molar-refractivity contribution >= 4 is 5.78 Å². The van der Waals surface area contributed by atoms with Crippen molar-refractivity contribution in [3.8, 4) is 6.07 Å². The lowest BCUT2D eigenvalue weighted by atomic mass is 9.58. The Morgan fingerprint density at radius 2 is 2.25 bits per heavy atom. The highest BCUT2D eigenvalue weighted by Crippen LogP contribution is 2.48. The first-order chi connectivity index (χ1) is 9.47. The Morgan fingerprint density at radius 1 is 1.50 bits per heavy atom. The molecule has 3 atom stereocenters. The van der Waals surface area contributed by atoms with Gasteiger partial charge in [0.05, 0.1) is 11.3 Å². The Labute approximate surface area is 118 Å². The van der Waals surface area contributed by atoms with E-state index in [1.165, 1.54) is 0 Å². The largest absolute Gasteiger partial charge is 0.293 e. The Hall–Kier alpha value is -2.02. The number of aromatic nitrogens is 2. The monoisotopic (exact) mass is 267 g/mol. The molecule has 0 radical (unpaired) electrons. The van der Waals surface area contributed by atoms with E-state index < -0.39 is 0 Å². The highest BCUT2D eigenvalue weighted by molar-refractivity contribution is 6.02. The first kappa shape index (κ1) is 13.0. The van der Waals surface area contributed by atoms with Crippen LogP contribution in [0.1, 0.15) is 37.4 Å². The van der Waals surface area contributed by atoms with Gasteiger partial charge in [-0.2, -0.15) is 5.26 Å². The smallest absolute Gasteiger partial charge is 0.176 e. The normalized spacial score (nSPS) is 31.9. The van der Waals surface area contributed by atoms with Crippen LogP contribution >= 0.6 is 0 Å². The van der Waals surface area contributed by atoms with Crippen molar-refractivity contribution in [3.05, 3.63) is 34.9 Å². The summed E-state index contributed by atoms with van der Waals surface area (Å²) in [5.74, 6) is 0.809. The molecule has 1 unspecified atom stereocenters. The molecule has 0 amide bonds. The van der Waals surface area contributed by atoms with Gasteiger partial charge >= 0.3 is 0 Å². The topological polar surface area (TPSA) is 66.6 Å². The van der Waals surface area contributed by atoms with E-state index in [-0.39, 0.29) is 28.6 Å². The van der Waals surface area contributed by atoms with Crippen LogP contribution in [0.15, 0.2) is 17.8 Å². The van der Waals surface area contributed by atoms with Crippen LogP contribution in [-0.4, -0.2) is 15.8 Å². The molecule has 0 fully saturated rings. The molecule has 0 spiro atoms. The molecule has 102 valence electrons. The van der Waals surface area contributed by atoms with Gasteiger partial charge in [-0.3, -0.25) is 4.79 Å². The van der Waals surface area contributed by atoms with E-state index >= 15 is 0 Å². The number of hydrogen-bond donors (Lipinski definition) is 0. The van der Waals surface area contributed by atoms with Crippen LogP contribution in [0, 0.1) is 30.1 Å². The average Bonchev–Trinajstić information content (AvgIpc) is 2.43. The third-order valence-electron chi connectivity index (χ3n) is 4.84. The fraction of sp³-hybridized carbons (Fsp3) is 0.500. The summed E-state index contributed by atoms with van der Waals surface area (Å²) in [6.45, 7) is 5.91. The SMILES string of the molecule is Cc1ncc2c(n1)[C@@]1(C)C=C(C#N)C(=O)C(C)[C@@H]1CC2. The van der Waals surface area contributed by atoms with Crippen LogP contribution in [0.5, 0.6) is 0 Å². The maximum absolute atomic E-state index is 12.2. The summed E-state index contributed by atoms with van der Waals surface area (Å²) in [6, 6.07) is 2.06. The predicted octanol–water partition coefficient (Wildman–Crippen LogP) is 2.27. The van der Waals surface area contributed by atoms with Gasteiger partial charge in [0.25, 0.3) is 0 Å². The zero-order valence-corrected chi connectivity index (χ0v) is 12.0. The number of nitrogens with zero attached hydrogens (tertiary/aromatic N) is 3. The Kier molecular flexibility index (Phi) is 2.75. The molecule has 0 bridgehead atoms. The van der Waals surface area contributed by atoms with Crippen molar-refractivity contribution in [3.63, 3.8) is 0 Å². The molecule has 0 saturated heterocycles. The molecule has 0 aromatic carbocycles. The summed E-state index contributed by atoms with van der Waals surface area (Å²) < 4.78 is 0. The molecule has 0 aliphatic heterocycles. The average molecular weight is 267 g/mol. The number of Topliss-reactive ketones (excluding diaryl/α,β-unsaturated/α-hetero) is 1. The number of allylic oxidation sites excluding steroid dienone is 2. The molecule has 4 nitrogen and oxygen atoms in total. The maximum Gasteiger partial charge on any atom is 0.176 e.